The Morgan fingerprint density at radius 1 is 1.17 bits per heavy atom. The maximum Gasteiger partial charge on any atom is 0.236 e. The van der Waals surface area contributed by atoms with Gasteiger partial charge in [-0.3, -0.25) is 10.1 Å². The third-order valence-corrected chi connectivity index (χ3v) is 6.62. The summed E-state index contributed by atoms with van der Waals surface area (Å²) in [6, 6.07) is 18.9. The number of nitrogens with one attached hydrogen (secondary N) is 1. The van der Waals surface area contributed by atoms with Crippen LogP contribution >= 0.6 is 11.3 Å². The zero-order chi connectivity index (χ0) is 20.2. The van der Waals surface area contributed by atoms with Crippen molar-refractivity contribution in [2.24, 2.45) is 0 Å². The summed E-state index contributed by atoms with van der Waals surface area (Å²) in [4.78, 5) is 16.0. The number of benzene rings is 2. The van der Waals surface area contributed by atoms with E-state index in [1.807, 2.05) is 29.5 Å². The van der Waals surface area contributed by atoms with Crippen molar-refractivity contribution >= 4 is 17.2 Å². The number of amides is 1. The summed E-state index contributed by atoms with van der Waals surface area (Å²) in [6.45, 7) is 0.231. The summed E-state index contributed by atoms with van der Waals surface area (Å²) in [6.07, 6.45) is 3.17. The van der Waals surface area contributed by atoms with Gasteiger partial charge in [0.1, 0.15) is 5.82 Å². The van der Waals surface area contributed by atoms with Crippen LogP contribution in [-0.4, -0.2) is 24.4 Å². The van der Waals surface area contributed by atoms with Crippen molar-refractivity contribution in [1.82, 2.24) is 10.2 Å². The quantitative estimate of drug-likeness (QED) is 0.615. The van der Waals surface area contributed by atoms with Gasteiger partial charge >= 0.3 is 0 Å². The fourth-order valence-corrected chi connectivity index (χ4v) is 4.94. The summed E-state index contributed by atoms with van der Waals surface area (Å²) in [5, 5.41) is 5.41. The number of thiophene rings is 1. The Labute approximate surface area is 175 Å². The lowest BCUT2D eigenvalue weighted by Gasteiger charge is -2.33. The lowest BCUT2D eigenvalue weighted by molar-refractivity contribution is -0.131. The first-order valence-electron chi connectivity index (χ1n) is 9.99. The molecule has 2 unspecified atom stereocenters. The molecule has 2 atom stereocenters. The maximum atomic E-state index is 13.4. The molecule has 3 nitrogen and oxygen atoms in total. The van der Waals surface area contributed by atoms with Crippen molar-refractivity contribution in [2.45, 2.75) is 31.3 Å². The van der Waals surface area contributed by atoms with E-state index in [4.69, 9.17) is 0 Å². The molecule has 0 fully saturated rings. The van der Waals surface area contributed by atoms with Crippen LogP contribution in [-0.2, 0) is 11.2 Å². The third kappa shape index (κ3) is 4.41. The van der Waals surface area contributed by atoms with Gasteiger partial charge in [0.25, 0.3) is 0 Å². The van der Waals surface area contributed by atoms with Gasteiger partial charge in [0.2, 0.25) is 5.91 Å². The van der Waals surface area contributed by atoms with E-state index in [1.54, 1.807) is 23.5 Å². The van der Waals surface area contributed by atoms with Gasteiger partial charge in [-0.2, -0.15) is 0 Å². The Bertz CT molecular complexity index is 955. The van der Waals surface area contributed by atoms with E-state index in [9.17, 15) is 9.18 Å². The van der Waals surface area contributed by atoms with E-state index < -0.39 is 0 Å². The second-order valence-corrected chi connectivity index (χ2v) is 8.47. The van der Waals surface area contributed by atoms with E-state index >= 15 is 0 Å². The minimum absolute atomic E-state index is 0.0652. The highest BCUT2D eigenvalue weighted by Gasteiger charge is 2.27. The summed E-state index contributed by atoms with van der Waals surface area (Å²) >= 11 is 1.63. The molecule has 0 bridgehead atoms. The highest BCUT2D eigenvalue weighted by molar-refractivity contribution is 7.10. The van der Waals surface area contributed by atoms with Gasteiger partial charge in [-0.25, -0.2) is 4.39 Å². The first kappa shape index (κ1) is 19.8. The minimum Gasteiger partial charge on any atom is -0.338 e. The zero-order valence-corrected chi connectivity index (χ0v) is 17.3. The molecule has 4 rings (SSSR count). The molecule has 0 spiro atoms. The standard InChI is InChI=1S/C24H25FN2OS/c1-27(21-9-4-7-17-6-2-3-8-20(17)21)23(28)16-26-24(22-10-5-15-29-22)18-11-13-19(25)14-12-18/h2-3,5-6,8,10-15,21,24,26H,4,7,9,16H2,1H3. The molecule has 5 heteroatoms. The molecule has 1 aliphatic carbocycles. The van der Waals surface area contributed by atoms with Crippen LogP contribution < -0.4 is 5.32 Å². The highest BCUT2D eigenvalue weighted by atomic mass is 32.1. The monoisotopic (exact) mass is 408 g/mol. The summed E-state index contributed by atoms with van der Waals surface area (Å²) in [5.41, 5.74) is 3.56. The van der Waals surface area contributed by atoms with Crippen LogP contribution in [0.15, 0.2) is 66.0 Å². The lowest BCUT2D eigenvalue weighted by atomic mass is 9.87. The number of carbonyl (C=O) groups is 1. The normalized spacial score (nSPS) is 16.8. The predicted octanol–water partition coefficient (Wildman–Crippen LogP) is 5.10. The molecule has 2 aromatic carbocycles. The topological polar surface area (TPSA) is 32.3 Å². The van der Waals surface area contributed by atoms with E-state index in [2.05, 4.69) is 29.6 Å². The fourth-order valence-electron chi connectivity index (χ4n) is 4.11. The van der Waals surface area contributed by atoms with E-state index in [0.29, 0.717) is 0 Å². The van der Waals surface area contributed by atoms with Crippen LogP contribution in [0.3, 0.4) is 0 Å². The molecule has 29 heavy (non-hydrogen) atoms. The third-order valence-electron chi connectivity index (χ3n) is 5.69. The second kappa shape index (κ2) is 8.89. The number of halogens is 1. The molecule has 1 aromatic heterocycles. The zero-order valence-electron chi connectivity index (χ0n) is 16.5. The van der Waals surface area contributed by atoms with Crippen molar-refractivity contribution in [3.63, 3.8) is 0 Å². The van der Waals surface area contributed by atoms with E-state index in [1.165, 1.54) is 23.3 Å². The number of aryl methyl sites for hydroxylation is 1. The number of carbonyl (C=O) groups excluding carboxylic acids is 1. The SMILES string of the molecule is CN(C(=O)CNC(c1ccc(F)cc1)c1cccs1)C1CCCc2ccccc21. The maximum absolute atomic E-state index is 13.4. The number of nitrogens with zero attached hydrogens (tertiary/aromatic N) is 1. The largest absolute Gasteiger partial charge is 0.338 e. The van der Waals surface area contributed by atoms with Crippen LogP contribution in [0.4, 0.5) is 4.39 Å². The highest BCUT2D eigenvalue weighted by Crippen LogP contribution is 2.33. The van der Waals surface area contributed by atoms with Crippen LogP contribution in [0.1, 0.15) is 46.5 Å². The molecule has 0 radical (unpaired) electrons. The Morgan fingerprint density at radius 3 is 2.72 bits per heavy atom. The number of fused-ring (bicyclic) bond motifs is 1. The molecule has 1 heterocycles. The minimum atomic E-state index is -0.259. The van der Waals surface area contributed by atoms with Gasteiger partial charge < -0.3 is 4.90 Å². The van der Waals surface area contributed by atoms with Crippen molar-refractivity contribution in [3.05, 3.63) is 93.4 Å². The number of likely N-dealkylation sites (N-methyl/N-ethyl adjacent to an activating group) is 1. The van der Waals surface area contributed by atoms with Gasteiger partial charge in [0.05, 0.1) is 18.6 Å². The number of hydrogen-bond donors (Lipinski definition) is 1. The van der Waals surface area contributed by atoms with Crippen molar-refractivity contribution in [1.29, 1.82) is 0 Å². The number of rotatable bonds is 6. The molecule has 0 saturated carbocycles. The molecule has 1 aliphatic rings. The van der Waals surface area contributed by atoms with Gasteiger partial charge in [0, 0.05) is 11.9 Å². The van der Waals surface area contributed by atoms with Crippen LogP contribution in [0.25, 0.3) is 0 Å². The van der Waals surface area contributed by atoms with E-state index in [-0.39, 0.29) is 30.4 Å². The predicted molar refractivity (Wildman–Crippen MR) is 115 cm³/mol. The Balaban J connectivity index is 1.48. The smallest absolute Gasteiger partial charge is 0.236 e. The molecule has 1 amide bonds. The number of hydrogen-bond acceptors (Lipinski definition) is 3. The van der Waals surface area contributed by atoms with E-state index in [0.717, 1.165) is 29.7 Å². The molecule has 0 aliphatic heterocycles. The Kier molecular flexibility index (Phi) is 6.07. The summed E-state index contributed by atoms with van der Waals surface area (Å²) in [5.74, 6) is -0.194. The molecular formula is C24H25FN2OS. The molecular weight excluding hydrogens is 383 g/mol. The van der Waals surface area contributed by atoms with Crippen molar-refractivity contribution in [2.75, 3.05) is 13.6 Å². The van der Waals surface area contributed by atoms with Gasteiger partial charge in [-0.05, 0) is 59.5 Å². The van der Waals surface area contributed by atoms with Gasteiger partial charge in [0.15, 0.2) is 0 Å². The lowest BCUT2D eigenvalue weighted by Crippen LogP contribution is -2.40. The van der Waals surface area contributed by atoms with Crippen molar-refractivity contribution < 1.29 is 9.18 Å². The summed E-state index contributed by atoms with van der Waals surface area (Å²) < 4.78 is 13.4. The average Bonchev–Trinajstić information content (AvgIpc) is 3.28. The Morgan fingerprint density at radius 2 is 1.97 bits per heavy atom. The molecule has 150 valence electrons. The first-order chi connectivity index (χ1) is 14.1. The van der Waals surface area contributed by atoms with Crippen molar-refractivity contribution in [3.8, 4) is 0 Å². The van der Waals surface area contributed by atoms with Crippen LogP contribution in [0.2, 0.25) is 0 Å². The van der Waals surface area contributed by atoms with Crippen LogP contribution in [0.5, 0.6) is 0 Å². The van der Waals surface area contributed by atoms with Gasteiger partial charge in [-0.15, -0.1) is 11.3 Å². The Hall–Kier alpha value is -2.50. The van der Waals surface area contributed by atoms with Crippen LogP contribution in [0, 0.1) is 5.82 Å². The average molecular weight is 409 g/mol. The van der Waals surface area contributed by atoms with Gasteiger partial charge in [-0.1, -0.05) is 42.5 Å². The second-order valence-electron chi connectivity index (χ2n) is 7.49. The first-order valence-corrected chi connectivity index (χ1v) is 10.9. The molecule has 1 N–H and O–H groups in total. The molecule has 3 aromatic rings. The summed E-state index contributed by atoms with van der Waals surface area (Å²) in [7, 11) is 1.90. The molecule has 0 saturated heterocycles. The fraction of sp³-hybridized carbons (Fsp3) is 0.292.